The smallest absolute Gasteiger partial charge is 0.238 e. The lowest BCUT2D eigenvalue weighted by atomic mass is 10.0. The van der Waals surface area contributed by atoms with Crippen LogP contribution >= 0.6 is 0 Å². The lowest BCUT2D eigenvalue weighted by Gasteiger charge is -2.12. The number of nitrogens with zero attached hydrogens (tertiary/aromatic N) is 1. The molecule has 3 N–H and O–H groups in total. The van der Waals surface area contributed by atoms with Crippen molar-refractivity contribution in [1.29, 1.82) is 0 Å². The van der Waals surface area contributed by atoms with E-state index in [-0.39, 0.29) is 17.8 Å². The summed E-state index contributed by atoms with van der Waals surface area (Å²) in [6, 6.07) is 13.2. The van der Waals surface area contributed by atoms with Gasteiger partial charge in [-0.1, -0.05) is 30.3 Å². The summed E-state index contributed by atoms with van der Waals surface area (Å²) in [6.45, 7) is 1.65. The standard InChI is InChI=1S/C18H16FN3O2/c1-11-12-6-3-5-9-15(12)22(21-10-16(20)23)17(11)18(24)13-7-2-4-8-14(13)19/h2-9,21H,10H2,1H3,(H2,20,23). The Balaban J connectivity index is 2.20. The third kappa shape index (κ3) is 2.62. The first-order chi connectivity index (χ1) is 11.5. The van der Waals surface area contributed by atoms with E-state index < -0.39 is 17.5 Å². The predicted molar refractivity (Wildman–Crippen MR) is 89.9 cm³/mol. The van der Waals surface area contributed by atoms with Crippen LogP contribution < -0.4 is 11.2 Å². The van der Waals surface area contributed by atoms with Gasteiger partial charge in [0.25, 0.3) is 0 Å². The van der Waals surface area contributed by atoms with Gasteiger partial charge in [-0.3, -0.25) is 14.3 Å². The highest BCUT2D eigenvalue weighted by atomic mass is 19.1. The minimum absolute atomic E-state index is 0.0227. The number of carbonyl (C=O) groups excluding carboxylic acids is 2. The number of hydrogen-bond donors (Lipinski definition) is 2. The molecule has 2 aromatic carbocycles. The van der Waals surface area contributed by atoms with Crippen molar-refractivity contribution in [2.45, 2.75) is 6.92 Å². The predicted octanol–water partition coefficient (Wildman–Crippen LogP) is 2.35. The summed E-state index contributed by atoms with van der Waals surface area (Å²) >= 11 is 0. The Morgan fingerprint density at radius 2 is 1.79 bits per heavy atom. The van der Waals surface area contributed by atoms with E-state index in [9.17, 15) is 14.0 Å². The number of hydrogen-bond acceptors (Lipinski definition) is 3. The highest BCUT2D eigenvalue weighted by Crippen LogP contribution is 2.27. The number of fused-ring (bicyclic) bond motifs is 1. The third-order valence-corrected chi connectivity index (χ3v) is 3.87. The van der Waals surface area contributed by atoms with E-state index in [4.69, 9.17) is 5.73 Å². The van der Waals surface area contributed by atoms with Gasteiger partial charge in [0, 0.05) is 5.39 Å². The van der Waals surface area contributed by atoms with E-state index in [0.29, 0.717) is 5.56 Å². The molecule has 6 heteroatoms. The molecule has 1 amide bonds. The summed E-state index contributed by atoms with van der Waals surface area (Å²) in [4.78, 5) is 24.0. The second-order valence-corrected chi connectivity index (χ2v) is 5.44. The monoisotopic (exact) mass is 325 g/mol. The molecule has 0 aliphatic carbocycles. The highest BCUT2D eigenvalue weighted by Gasteiger charge is 2.23. The van der Waals surface area contributed by atoms with Gasteiger partial charge < -0.3 is 11.2 Å². The van der Waals surface area contributed by atoms with E-state index in [2.05, 4.69) is 5.43 Å². The van der Waals surface area contributed by atoms with Crippen LogP contribution in [0, 0.1) is 12.7 Å². The SMILES string of the molecule is Cc1c(C(=O)c2ccccc2F)n(NCC(N)=O)c2ccccc12. The van der Waals surface area contributed by atoms with Gasteiger partial charge in [0.05, 0.1) is 11.1 Å². The summed E-state index contributed by atoms with van der Waals surface area (Å²) in [5, 5.41) is 0.842. The zero-order valence-electron chi connectivity index (χ0n) is 13.0. The lowest BCUT2D eigenvalue weighted by molar-refractivity contribution is -0.116. The van der Waals surface area contributed by atoms with E-state index in [0.717, 1.165) is 10.9 Å². The minimum atomic E-state index is -0.589. The normalized spacial score (nSPS) is 10.8. The maximum atomic E-state index is 14.0. The fourth-order valence-electron chi connectivity index (χ4n) is 2.77. The van der Waals surface area contributed by atoms with Gasteiger partial charge >= 0.3 is 0 Å². The van der Waals surface area contributed by atoms with Crippen LogP contribution in [0.15, 0.2) is 48.5 Å². The molecular formula is C18H16FN3O2. The average molecular weight is 325 g/mol. The van der Waals surface area contributed by atoms with E-state index >= 15 is 0 Å². The second-order valence-electron chi connectivity index (χ2n) is 5.44. The number of nitrogens with two attached hydrogens (primary N) is 1. The Labute approximate surface area is 137 Å². The molecule has 122 valence electrons. The zero-order valence-corrected chi connectivity index (χ0v) is 13.0. The Hall–Kier alpha value is -3.15. The molecule has 0 bridgehead atoms. The number of rotatable bonds is 5. The molecule has 0 radical (unpaired) electrons. The van der Waals surface area contributed by atoms with Crippen LogP contribution in [0.2, 0.25) is 0 Å². The fourth-order valence-corrected chi connectivity index (χ4v) is 2.77. The molecule has 0 fully saturated rings. The number of aryl methyl sites for hydroxylation is 1. The number of halogens is 1. The topological polar surface area (TPSA) is 77.1 Å². The van der Waals surface area contributed by atoms with Gasteiger partial charge in [-0.15, -0.1) is 0 Å². The number of aromatic nitrogens is 1. The molecule has 3 rings (SSSR count). The van der Waals surface area contributed by atoms with Gasteiger partial charge in [-0.2, -0.15) is 0 Å². The average Bonchev–Trinajstić information content (AvgIpc) is 2.85. The van der Waals surface area contributed by atoms with Gasteiger partial charge in [0.15, 0.2) is 0 Å². The number of para-hydroxylation sites is 1. The molecule has 0 aliphatic rings. The lowest BCUT2D eigenvalue weighted by Crippen LogP contribution is -2.30. The van der Waals surface area contributed by atoms with Crippen LogP contribution in [-0.4, -0.2) is 22.9 Å². The first-order valence-corrected chi connectivity index (χ1v) is 7.42. The Kier molecular flexibility index (Phi) is 4.04. The number of ketones is 1. The summed E-state index contributed by atoms with van der Waals surface area (Å²) in [5.74, 6) is -1.61. The molecule has 0 aliphatic heterocycles. The summed E-state index contributed by atoms with van der Waals surface area (Å²) < 4.78 is 15.5. The molecular weight excluding hydrogens is 309 g/mol. The maximum absolute atomic E-state index is 14.0. The van der Waals surface area contributed by atoms with E-state index in [1.807, 2.05) is 24.3 Å². The third-order valence-electron chi connectivity index (χ3n) is 3.87. The van der Waals surface area contributed by atoms with Crippen LogP contribution in [0.4, 0.5) is 4.39 Å². The van der Waals surface area contributed by atoms with Crippen LogP contribution in [-0.2, 0) is 4.79 Å². The van der Waals surface area contributed by atoms with Crippen molar-refractivity contribution in [2.24, 2.45) is 5.73 Å². The molecule has 1 heterocycles. The Morgan fingerprint density at radius 3 is 2.50 bits per heavy atom. The zero-order chi connectivity index (χ0) is 17.3. The van der Waals surface area contributed by atoms with Gasteiger partial charge in [0.1, 0.15) is 18.1 Å². The number of primary amides is 1. The number of nitrogens with one attached hydrogen (secondary N) is 1. The fraction of sp³-hybridized carbons (Fsp3) is 0.111. The van der Waals surface area contributed by atoms with Gasteiger partial charge in [-0.05, 0) is 30.7 Å². The van der Waals surface area contributed by atoms with E-state index in [1.165, 1.54) is 22.9 Å². The van der Waals surface area contributed by atoms with Crippen molar-refractivity contribution in [1.82, 2.24) is 4.68 Å². The maximum Gasteiger partial charge on any atom is 0.238 e. The van der Waals surface area contributed by atoms with Crippen LogP contribution in [0.5, 0.6) is 0 Å². The Morgan fingerprint density at radius 1 is 1.12 bits per heavy atom. The number of carbonyl (C=O) groups is 2. The van der Waals surface area contributed by atoms with Gasteiger partial charge in [-0.25, -0.2) is 4.39 Å². The molecule has 0 saturated carbocycles. The molecule has 24 heavy (non-hydrogen) atoms. The van der Waals surface area contributed by atoms with Crippen molar-refractivity contribution in [3.8, 4) is 0 Å². The molecule has 0 unspecified atom stereocenters. The number of amides is 1. The molecule has 0 saturated heterocycles. The van der Waals surface area contributed by atoms with Crippen molar-refractivity contribution < 1.29 is 14.0 Å². The summed E-state index contributed by atoms with van der Waals surface area (Å²) in [6.07, 6.45) is 0. The summed E-state index contributed by atoms with van der Waals surface area (Å²) in [5.41, 5.74) is 9.72. The molecule has 1 aromatic heterocycles. The summed E-state index contributed by atoms with van der Waals surface area (Å²) in [7, 11) is 0. The van der Waals surface area contributed by atoms with Gasteiger partial charge in [0.2, 0.25) is 11.7 Å². The van der Waals surface area contributed by atoms with Crippen LogP contribution in [0.3, 0.4) is 0 Å². The van der Waals surface area contributed by atoms with Crippen molar-refractivity contribution in [3.05, 3.63) is 71.2 Å². The minimum Gasteiger partial charge on any atom is -0.368 e. The first-order valence-electron chi connectivity index (χ1n) is 7.42. The van der Waals surface area contributed by atoms with Crippen LogP contribution in [0.25, 0.3) is 10.9 Å². The van der Waals surface area contributed by atoms with Crippen LogP contribution in [0.1, 0.15) is 21.6 Å². The van der Waals surface area contributed by atoms with Crippen molar-refractivity contribution in [2.75, 3.05) is 12.0 Å². The van der Waals surface area contributed by atoms with E-state index in [1.54, 1.807) is 13.0 Å². The highest BCUT2D eigenvalue weighted by molar-refractivity contribution is 6.12. The second kappa shape index (κ2) is 6.16. The Bertz CT molecular complexity index is 947. The quantitative estimate of drug-likeness (QED) is 0.707. The molecule has 0 atom stereocenters. The molecule has 3 aromatic rings. The number of benzene rings is 2. The first kappa shape index (κ1) is 15.7. The van der Waals surface area contributed by atoms with Crippen molar-refractivity contribution in [3.63, 3.8) is 0 Å². The largest absolute Gasteiger partial charge is 0.368 e. The molecule has 5 nitrogen and oxygen atoms in total. The molecule has 0 spiro atoms. The van der Waals surface area contributed by atoms with Crippen molar-refractivity contribution >= 4 is 22.6 Å².